The average Bonchev–Trinajstić information content (AvgIpc) is 2.92. The van der Waals surface area contributed by atoms with Gasteiger partial charge < -0.3 is 9.84 Å². The van der Waals surface area contributed by atoms with E-state index in [0.29, 0.717) is 26.8 Å². The molecule has 2 aromatic rings. The van der Waals surface area contributed by atoms with E-state index in [9.17, 15) is 19.0 Å². The minimum atomic E-state index is -2.93. The molecule has 0 aliphatic carbocycles. The minimum absolute atomic E-state index is 0.316. The van der Waals surface area contributed by atoms with Gasteiger partial charge in [-0.05, 0) is 42.0 Å². The molecule has 7 heteroatoms. The largest absolute Gasteiger partial charge is 0.478 e. The number of rotatable bonds is 3. The minimum Gasteiger partial charge on any atom is -0.478 e. The first-order valence-corrected chi connectivity index (χ1v) is 10.8. The first-order chi connectivity index (χ1) is 13.5. The van der Waals surface area contributed by atoms with Crippen molar-refractivity contribution in [2.75, 3.05) is 0 Å². The third-order valence-electron chi connectivity index (χ3n) is 4.31. The number of hydrogen-bond acceptors (Lipinski definition) is 4. The summed E-state index contributed by atoms with van der Waals surface area (Å²) in [5.74, 6) is 5.17. The van der Waals surface area contributed by atoms with Gasteiger partial charge in [0.25, 0.3) is 0 Å². The van der Waals surface area contributed by atoms with Crippen LogP contribution in [0.25, 0.3) is 6.08 Å². The van der Waals surface area contributed by atoms with Crippen LogP contribution >= 0.6 is 22.2 Å². The summed E-state index contributed by atoms with van der Waals surface area (Å²) < 4.78 is 25.9. The van der Waals surface area contributed by atoms with Crippen LogP contribution < -0.4 is 4.74 Å². The van der Waals surface area contributed by atoms with Gasteiger partial charge in [-0.3, -0.25) is 9.11 Å². The second kappa shape index (κ2) is 7.77. The maximum atomic E-state index is 11.6. The van der Waals surface area contributed by atoms with Crippen molar-refractivity contribution in [3.05, 3.63) is 63.5 Å². The highest BCUT2D eigenvalue weighted by atomic mass is 35.5. The van der Waals surface area contributed by atoms with Crippen LogP contribution in [0.2, 0.25) is 5.02 Å². The van der Waals surface area contributed by atoms with Crippen LogP contribution in [0.5, 0.6) is 5.75 Å². The molecule has 0 saturated heterocycles. The Hall–Kier alpha value is -2.43. The number of carboxylic acid groups (broad SMARTS) is 1. The fourth-order valence-electron chi connectivity index (χ4n) is 2.82. The molecule has 0 radical (unpaired) electrons. The molecular weight excluding hydrogens is 412 g/mol. The van der Waals surface area contributed by atoms with Crippen LogP contribution in [0.15, 0.2) is 46.7 Å². The van der Waals surface area contributed by atoms with Crippen molar-refractivity contribution in [3.63, 3.8) is 0 Å². The predicted octanol–water partition coefficient (Wildman–Crippen LogP) is 5.71. The number of ether oxygens (including phenoxy) is 1. The molecule has 1 aliphatic rings. The van der Waals surface area contributed by atoms with Crippen LogP contribution in [-0.4, -0.2) is 26.3 Å². The van der Waals surface area contributed by atoms with Crippen LogP contribution in [0.3, 0.4) is 0 Å². The maximum Gasteiger partial charge on any atom is 0.345 e. The Bertz CT molecular complexity index is 1060. The van der Waals surface area contributed by atoms with Crippen molar-refractivity contribution < 1.29 is 23.7 Å². The van der Waals surface area contributed by atoms with Crippen LogP contribution in [-0.2, 0) is 4.79 Å². The van der Waals surface area contributed by atoms with Crippen molar-refractivity contribution in [3.8, 4) is 17.6 Å². The summed E-state index contributed by atoms with van der Waals surface area (Å²) >= 11 is 6.09. The van der Waals surface area contributed by atoms with Crippen LogP contribution in [0.1, 0.15) is 37.5 Å². The molecule has 3 rings (SSSR count). The lowest BCUT2D eigenvalue weighted by atomic mass is 9.89. The Kier molecular flexibility index (Phi) is 5.70. The van der Waals surface area contributed by atoms with Gasteiger partial charge in [0.2, 0.25) is 0 Å². The van der Waals surface area contributed by atoms with E-state index in [0.717, 1.165) is 5.56 Å². The summed E-state index contributed by atoms with van der Waals surface area (Å²) in [7, 11) is -2.93. The molecule has 5 nitrogen and oxygen atoms in total. The fraction of sp³-hybridized carbons (Fsp3) is 0.227. The SMILES string of the molecule is CC(C)(C)C(Oc1ccc(Cl)cc1C#Cc1ccc2c(c1)S(O)(O)C=C2)C(=O)O. The Morgan fingerprint density at radius 1 is 1.14 bits per heavy atom. The Labute approximate surface area is 176 Å². The van der Waals surface area contributed by atoms with E-state index in [1.807, 2.05) is 0 Å². The quantitative estimate of drug-likeness (QED) is 0.540. The Morgan fingerprint density at radius 2 is 1.86 bits per heavy atom. The van der Waals surface area contributed by atoms with Gasteiger partial charge in [-0.1, -0.05) is 50.3 Å². The Morgan fingerprint density at radius 3 is 2.52 bits per heavy atom. The van der Waals surface area contributed by atoms with E-state index in [2.05, 4.69) is 11.8 Å². The molecule has 0 bridgehead atoms. The van der Waals surface area contributed by atoms with Crippen molar-refractivity contribution in [2.45, 2.75) is 31.8 Å². The van der Waals surface area contributed by atoms with Crippen LogP contribution in [0, 0.1) is 17.3 Å². The monoisotopic (exact) mass is 432 g/mol. The molecule has 0 fully saturated rings. The average molecular weight is 433 g/mol. The van der Waals surface area contributed by atoms with Gasteiger partial charge in [-0.25, -0.2) is 4.79 Å². The summed E-state index contributed by atoms with van der Waals surface area (Å²) in [4.78, 5) is 12.1. The highest BCUT2D eigenvalue weighted by Gasteiger charge is 2.33. The second-order valence-corrected chi connectivity index (χ2v) is 10.1. The normalized spacial score (nSPS) is 16.3. The molecule has 1 heterocycles. The molecule has 1 atom stereocenters. The number of carboxylic acids is 1. The van der Waals surface area contributed by atoms with Crippen molar-refractivity contribution >= 4 is 34.2 Å². The highest BCUT2D eigenvalue weighted by molar-refractivity contribution is 8.27. The van der Waals surface area contributed by atoms with E-state index in [4.69, 9.17) is 16.3 Å². The van der Waals surface area contributed by atoms with Gasteiger partial charge in [-0.2, -0.15) is 0 Å². The molecular formula is C22H21ClO5S. The number of hydrogen-bond donors (Lipinski definition) is 3. The highest BCUT2D eigenvalue weighted by Crippen LogP contribution is 2.56. The predicted molar refractivity (Wildman–Crippen MR) is 116 cm³/mol. The lowest BCUT2D eigenvalue weighted by Gasteiger charge is -2.28. The van der Waals surface area contributed by atoms with Gasteiger partial charge in [-0.15, -0.1) is 10.6 Å². The van der Waals surface area contributed by atoms with Crippen molar-refractivity contribution in [1.29, 1.82) is 0 Å². The van der Waals surface area contributed by atoms with Gasteiger partial charge in [0.05, 0.1) is 10.5 Å². The lowest BCUT2D eigenvalue weighted by Crippen LogP contribution is -2.39. The van der Waals surface area contributed by atoms with Gasteiger partial charge in [0.1, 0.15) is 5.75 Å². The summed E-state index contributed by atoms with van der Waals surface area (Å²) in [6.07, 6.45) is 0.604. The smallest absolute Gasteiger partial charge is 0.345 e. The Balaban J connectivity index is 1.96. The zero-order valence-corrected chi connectivity index (χ0v) is 17.7. The molecule has 152 valence electrons. The zero-order valence-electron chi connectivity index (χ0n) is 16.1. The van der Waals surface area contributed by atoms with Gasteiger partial charge in [0, 0.05) is 21.4 Å². The third kappa shape index (κ3) is 4.77. The van der Waals surface area contributed by atoms with E-state index in [1.54, 1.807) is 63.2 Å². The molecule has 1 aliphatic heterocycles. The molecule has 1 unspecified atom stereocenters. The number of aliphatic carboxylic acids is 1. The number of halogens is 1. The third-order valence-corrected chi connectivity index (χ3v) is 6.06. The number of benzene rings is 2. The van der Waals surface area contributed by atoms with E-state index in [-0.39, 0.29) is 0 Å². The molecule has 3 N–H and O–H groups in total. The molecule has 0 amide bonds. The summed E-state index contributed by atoms with van der Waals surface area (Å²) in [6.45, 7) is 5.35. The zero-order chi connectivity index (χ0) is 21.4. The van der Waals surface area contributed by atoms with Crippen molar-refractivity contribution in [1.82, 2.24) is 0 Å². The lowest BCUT2D eigenvalue weighted by molar-refractivity contribution is -0.150. The second-order valence-electron chi connectivity index (χ2n) is 7.74. The summed E-state index contributed by atoms with van der Waals surface area (Å²) in [5.41, 5.74) is 1.15. The summed E-state index contributed by atoms with van der Waals surface area (Å²) in [5, 5.41) is 11.4. The maximum absolute atomic E-state index is 11.6. The van der Waals surface area contributed by atoms with Crippen molar-refractivity contribution in [2.24, 2.45) is 5.41 Å². The van der Waals surface area contributed by atoms with Gasteiger partial charge >= 0.3 is 5.97 Å². The molecule has 2 aromatic carbocycles. The van der Waals surface area contributed by atoms with E-state index in [1.165, 1.54) is 5.41 Å². The summed E-state index contributed by atoms with van der Waals surface area (Å²) in [6, 6.07) is 9.99. The molecule has 0 saturated carbocycles. The van der Waals surface area contributed by atoms with Crippen LogP contribution in [0.4, 0.5) is 0 Å². The fourth-order valence-corrected chi connectivity index (χ4v) is 4.26. The molecule has 0 spiro atoms. The van der Waals surface area contributed by atoms with E-state index >= 15 is 0 Å². The topological polar surface area (TPSA) is 87.0 Å². The standard InChI is InChI=1S/C22H21ClO5S/c1-22(2,3)20(21(24)25)28-18-9-8-17(23)13-16(18)7-5-14-4-6-15-10-11-29(26,27)19(15)12-14/h4,6,8-13,20,26-27H,1-3H3,(H,24,25). The first-order valence-electron chi connectivity index (χ1n) is 8.79. The first kappa shape index (κ1) is 21.3. The number of carbonyl (C=O) groups is 1. The molecule has 29 heavy (non-hydrogen) atoms. The van der Waals surface area contributed by atoms with E-state index < -0.39 is 28.1 Å². The number of fused-ring (bicyclic) bond motifs is 1. The van der Waals surface area contributed by atoms with Gasteiger partial charge in [0.15, 0.2) is 6.10 Å². The molecule has 0 aromatic heterocycles.